The van der Waals surface area contributed by atoms with Crippen LogP contribution in [0.25, 0.3) is 0 Å². The molecule has 1 aliphatic rings. The number of nitro groups is 2. The number of rotatable bonds is 5. The topological polar surface area (TPSA) is 150 Å². The highest BCUT2D eigenvalue weighted by molar-refractivity contribution is 6.34. The number of ether oxygens (including phenoxy) is 1. The fourth-order valence-electron chi connectivity index (χ4n) is 3.46. The van der Waals surface area contributed by atoms with E-state index in [1.54, 1.807) is 12.1 Å². The van der Waals surface area contributed by atoms with Crippen LogP contribution in [-0.2, 0) is 0 Å². The lowest BCUT2D eigenvalue weighted by molar-refractivity contribution is -0.395. The Kier molecular flexibility index (Phi) is 5.14. The first kappa shape index (κ1) is 21.3. The molecule has 0 fully saturated rings. The molecule has 0 atom stereocenters. The summed E-state index contributed by atoms with van der Waals surface area (Å²) >= 11 is 0. The van der Waals surface area contributed by atoms with Crippen molar-refractivity contribution in [2.24, 2.45) is 0 Å². The second-order valence-corrected chi connectivity index (χ2v) is 7.03. The predicted octanol–water partition coefficient (Wildman–Crippen LogP) is 3.83. The third-order valence-electron chi connectivity index (χ3n) is 5.06. The van der Waals surface area contributed by atoms with Crippen LogP contribution in [0.5, 0.6) is 5.75 Å². The zero-order valence-corrected chi connectivity index (χ0v) is 16.9. The van der Waals surface area contributed by atoms with Crippen molar-refractivity contribution in [1.82, 2.24) is 0 Å². The highest BCUT2D eigenvalue weighted by atomic mass is 16.6. The van der Waals surface area contributed by atoms with Gasteiger partial charge >= 0.3 is 5.97 Å². The summed E-state index contributed by atoms with van der Waals surface area (Å²) in [6.45, 7) is 1.21. The van der Waals surface area contributed by atoms with E-state index in [1.165, 1.54) is 43.3 Å². The molecule has 11 nitrogen and oxygen atoms in total. The van der Waals surface area contributed by atoms with Gasteiger partial charge in [-0.15, -0.1) is 0 Å². The zero-order valence-electron chi connectivity index (χ0n) is 16.9. The largest absolute Gasteiger partial charge is 0.423 e. The summed E-state index contributed by atoms with van der Waals surface area (Å²) in [5.41, 5.74) is -1.17. The van der Waals surface area contributed by atoms with Gasteiger partial charge < -0.3 is 4.74 Å². The molecular weight excluding hydrogens is 434 g/mol. The van der Waals surface area contributed by atoms with Gasteiger partial charge in [-0.3, -0.25) is 29.8 Å². The van der Waals surface area contributed by atoms with Crippen LogP contribution in [0, 0.1) is 27.2 Å². The van der Waals surface area contributed by atoms with E-state index < -0.39 is 44.6 Å². The second kappa shape index (κ2) is 7.96. The van der Waals surface area contributed by atoms with Crippen molar-refractivity contribution in [3.63, 3.8) is 0 Å². The summed E-state index contributed by atoms with van der Waals surface area (Å²) in [7, 11) is 0. The van der Waals surface area contributed by atoms with E-state index in [9.17, 15) is 34.6 Å². The molecule has 3 aromatic carbocycles. The predicted molar refractivity (Wildman–Crippen MR) is 113 cm³/mol. The number of hydrogen-bond donors (Lipinski definition) is 0. The average Bonchev–Trinajstić information content (AvgIpc) is 3.04. The Bertz CT molecular complexity index is 1310. The molecule has 4 rings (SSSR count). The van der Waals surface area contributed by atoms with Gasteiger partial charge in [0.25, 0.3) is 23.2 Å². The first-order valence-electron chi connectivity index (χ1n) is 9.42. The molecular formula is C22H13N3O8. The summed E-state index contributed by atoms with van der Waals surface area (Å²) in [6, 6.07) is 13.7. The van der Waals surface area contributed by atoms with Crippen LogP contribution >= 0.6 is 0 Å². The number of carbonyl (C=O) groups excluding carboxylic acids is 3. The molecule has 1 heterocycles. The lowest BCUT2D eigenvalue weighted by Gasteiger charge is -2.15. The van der Waals surface area contributed by atoms with Crippen LogP contribution in [-0.4, -0.2) is 27.6 Å². The van der Waals surface area contributed by atoms with Crippen LogP contribution in [0.2, 0.25) is 0 Å². The third kappa shape index (κ3) is 3.67. The van der Waals surface area contributed by atoms with Crippen molar-refractivity contribution >= 4 is 34.8 Å². The summed E-state index contributed by atoms with van der Waals surface area (Å²) in [5, 5.41) is 22.5. The van der Waals surface area contributed by atoms with Gasteiger partial charge in [0.1, 0.15) is 11.3 Å². The van der Waals surface area contributed by atoms with Crippen molar-refractivity contribution in [3.8, 4) is 5.75 Å². The fraction of sp³-hybridized carbons (Fsp3) is 0.0455. The minimum atomic E-state index is -1.08. The SMILES string of the molecule is Cc1c([N+](=O)[O-])cc(C(=O)Oc2cccc(N3C(=O)c4ccccc4C3=O)c2)cc1[N+](=O)[O-]. The van der Waals surface area contributed by atoms with Gasteiger partial charge in [-0.25, -0.2) is 9.69 Å². The number of nitro benzene ring substituents is 2. The van der Waals surface area contributed by atoms with Crippen molar-refractivity contribution in [1.29, 1.82) is 0 Å². The van der Waals surface area contributed by atoms with E-state index in [0.717, 1.165) is 17.0 Å². The first-order chi connectivity index (χ1) is 15.7. The van der Waals surface area contributed by atoms with Gasteiger partial charge in [-0.2, -0.15) is 0 Å². The van der Waals surface area contributed by atoms with E-state index in [0.29, 0.717) is 0 Å². The van der Waals surface area contributed by atoms with Gasteiger partial charge in [-0.05, 0) is 31.2 Å². The molecule has 2 amide bonds. The summed E-state index contributed by atoms with van der Waals surface area (Å²) < 4.78 is 5.22. The van der Waals surface area contributed by atoms with E-state index in [1.807, 2.05) is 0 Å². The van der Waals surface area contributed by atoms with Gasteiger partial charge in [0.05, 0.1) is 32.2 Å². The molecule has 0 bridgehead atoms. The number of esters is 1. The molecule has 0 N–H and O–H groups in total. The van der Waals surface area contributed by atoms with Crippen LogP contribution in [0.4, 0.5) is 17.1 Å². The molecule has 0 unspecified atom stereocenters. The smallest absolute Gasteiger partial charge is 0.344 e. The van der Waals surface area contributed by atoms with Gasteiger partial charge in [0, 0.05) is 18.2 Å². The Hall–Kier alpha value is -4.93. The molecule has 0 aromatic heterocycles. The van der Waals surface area contributed by atoms with Gasteiger partial charge in [0.2, 0.25) is 0 Å². The number of carbonyl (C=O) groups is 3. The standard InChI is InChI=1S/C22H13N3O8/c1-12-18(24(29)30)9-13(10-19(12)25(31)32)22(28)33-15-6-4-5-14(11-15)23-20(26)16-7-2-3-8-17(16)21(23)27/h2-11H,1H3. The fourth-order valence-corrected chi connectivity index (χ4v) is 3.46. The van der Waals surface area contributed by atoms with Crippen LogP contribution in [0.1, 0.15) is 36.6 Å². The number of anilines is 1. The third-order valence-corrected chi connectivity index (χ3v) is 5.06. The molecule has 0 saturated carbocycles. The van der Waals surface area contributed by atoms with E-state index in [2.05, 4.69) is 0 Å². The van der Waals surface area contributed by atoms with Crippen molar-refractivity contribution in [3.05, 3.63) is 103 Å². The minimum absolute atomic E-state index is 0.0695. The van der Waals surface area contributed by atoms with Gasteiger partial charge in [0.15, 0.2) is 0 Å². The Labute approximate surface area is 185 Å². The van der Waals surface area contributed by atoms with Crippen LogP contribution in [0.15, 0.2) is 60.7 Å². The van der Waals surface area contributed by atoms with Crippen LogP contribution < -0.4 is 9.64 Å². The zero-order chi connectivity index (χ0) is 23.9. The van der Waals surface area contributed by atoms with Gasteiger partial charge in [-0.1, -0.05) is 18.2 Å². The Balaban J connectivity index is 1.65. The van der Waals surface area contributed by atoms with Crippen LogP contribution in [0.3, 0.4) is 0 Å². The normalized spacial score (nSPS) is 12.5. The molecule has 0 spiro atoms. The van der Waals surface area contributed by atoms with Crippen molar-refractivity contribution in [2.75, 3.05) is 4.90 Å². The lowest BCUT2D eigenvalue weighted by Crippen LogP contribution is -2.29. The molecule has 3 aromatic rings. The van der Waals surface area contributed by atoms with Crippen molar-refractivity contribution in [2.45, 2.75) is 6.92 Å². The van der Waals surface area contributed by atoms with E-state index >= 15 is 0 Å². The maximum Gasteiger partial charge on any atom is 0.344 e. The highest BCUT2D eigenvalue weighted by Crippen LogP contribution is 2.32. The maximum atomic E-state index is 12.7. The number of amides is 2. The number of imide groups is 1. The molecule has 0 saturated heterocycles. The average molecular weight is 447 g/mol. The number of nitrogens with zero attached hydrogens (tertiary/aromatic N) is 3. The number of benzene rings is 3. The Morgan fingerprint density at radius 3 is 1.91 bits per heavy atom. The molecule has 11 heteroatoms. The number of fused-ring (bicyclic) bond motifs is 1. The molecule has 164 valence electrons. The maximum absolute atomic E-state index is 12.7. The first-order valence-corrected chi connectivity index (χ1v) is 9.42. The quantitative estimate of drug-likeness (QED) is 0.188. The van der Waals surface area contributed by atoms with Crippen molar-refractivity contribution < 1.29 is 29.0 Å². The number of hydrogen-bond acceptors (Lipinski definition) is 8. The van der Waals surface area contributed by atoms with E-state index in [4.69, 9.17) is 4.74 Å². The molecule has 1 aliphatic heterocycles. The molecule has 0 radical (unpaired) electrons. The summed E-state index contributed by atoms with van der Waals surface area (Å²) in [6.07, 6.45) is 0. The Morgan fingerprint density at radius 1 is 0.848 bits per heavy atom. The molecule has 0 aliphatic carbocycles. The lowest BCUT2D eigenvalue weighted by atomic mass is 10.1. The second-order valence-electron chi connectivity index (χ2n) is 7.03. The highest BCUT2D eigenvalue weighted by Gasteiger charge is 2.36. The summed E-state index contributed by atoms with van der Waals surface area (Å²) in [4.78, 5) is 59.7. The summed E-state index contributed by atoms with van der Waals surface area (Å²) in [5.74, 6) is -2.23. The molecule has 33 heavy (non-hydrogen) atoms. The monoisotopic (exact) mass is 447 g/mol. The Morgan fingerprint density at radius 2 is 1.39 bits per heavy atom. The van der Waals surface area contributed by atoms with E-state index in [-0.39, 0.29) is 28.1 Å². The minimum Gasteiger partial charge on any atom is -0.423 e.